The fourth-order valence-electron chi connectivity index (χ4n) is 20.4. The van der Waals surface area contributed by atoms with Crippen molar-refractivity contribution < 1.29 is 0 Å². The summed E-state index contributed by atoms with van der Waals surface area (Å²) in [6.07, 6.45) is 0. The Kier molecular flexibility index (Phi) is 23.2. The summed E-state index contributed by atoms with van der Waals surface area (Å²) < 4.78 is 0. The first-order chi connectivity index (χ1) is 73.2. The third kappa shape index (κ3) is 18.0. The second kappa shape index (κ2) is 38.9. The number of fused-ring (bicyclic) bond motifs is 13. The number of hydrogen-bond acceptors (Lipinski definition) is 9. The van der Waals surface area contributed by atoms with Gasteiger partial charge in [0.1, 0.15) is 0 Å². The number of benzene rings is 25. The van der Waals surface area contributed by atoms with Gasteiger partial charge in [0.2, 0.25) is 0 Å². The van der Waals surface area contributed by atoms with Crippen molar-refractivity contribution in [2.45, 2.75) is 0 Å². The Bertz CT molecular complexity index is 9360. The van der Waals surface area contributed by atoms with Crippen LogP contribution in [0.25, 0.3) is 277 Å². The minimum Gasteiger partial charge on any atom is -0.208 e. The average Bonchev–Trinajstić information content (AvgIpc) is 0.762. The van der Waals surface area contributed by atoms with Gasteiger partial charge in [0.15, 0.2) is 52.4 Å². The maximum atomic E-state index is 5.12. The van der Waals surface area contributed by atoms with Gasteiger partial charge in [0, 0.05) is 50.1 Å². The van der Waals surface area contributed by atoms with Crippen LogP contribution in [-0.2, 0) is 0 Å². The van der Waals surface area contributed by atoms with Gasteiger partial charge in [-0.25, -0.2) is 44.9 Å². The van der Waals surface area contributed by atoms with E-state index in [-0.39, 0.29) is 0 Å². The molecule has 0 radical (unpaired) electrons. The Morgan fingerprint density at radius 3 is 0.500 bits per heavy atom. The van der Waals surface area contributed by atoms with E-state index in [1.165, 1.54) is 114 Å². The second-order valence-corrected chi connectivity index (χ2v) is 37.5. The number of hydrogen-bond donors (Lipinski definition) is 0. The van der Waals surface area contributed by atoms with Crippen LogP contribution in [0, 0.1) is 0 Å². The summed E-state index contributed by atoms with van der Waals surface area (Å²) in [5.74, 6) is 5.79. The lowest BCUT2D eigenvalue weighted by Crippen LogP contribution is -2.00. The van der Waals surface area contributed by atoms with Gasteiger partial charge in [-0.2, -0.15) is 0 Å². The van der Waals surface area contributed by atoms with E-state index in [2.05, 4.69) is 528 Å². The standard InChI is InChI=1S/2C47H31N3.C45H27N3/c1-2-10-32(11-3-1)35-20-24-36(25-21-35)45-48-46(43-18-8-16-39(30-43)41-26-22-33-12-4-6-14-37(33)28-41)50-47(49-45)44-19-9-17-40(31-44)42-27-23-34-13-5-7-15-38(34)29-42;1-2-8-32(9-3-1)35-14-22-38(23-15-35)45-48-46(39-24-16-36(17-25-39)43-28-20-33-10-4-6-12-41(33)30-43)50-47(49-45)40-26-18-37(19-27-40)44-29-21-34-11-5-7-13-42(34)31-44;1-4-10-37-28(7-1)13-16-31-25-34(19-22-40(31)37)43-46-44(35-20-23-41-32(26-35)17-14-29-8-2-5-11-38(29)41)48-45(47-43)36-21-24-42-33(27-36)18-15-30-9-3-6-12-39(30)42/h2*1-31H;1-27H. The lowest BCUT2D eigenvalue weighted by Gasteiger charge is -2.12. The molecule has 0 atom stereocenters. The van der Waals surface area contributed by atoms with Crippen molar-refractivity contribution in [2.75, 3.05) is 0 Å². The van der Waals surface area contributed by atoms with Crippen LogP contribution >= 0.6 is 0 Å². The molecule has 148 heavy (non-hydrogen) atoms. The van der Waals surface area contributed by atoms with E-state index in [4.69, 9.17) is 44.9 Å². The molecule has 0 aliphatic rings. The zero-order valence-corrected chi connectivity index (χ0v) is 80.4. The van der Waals surface area contributed by atoms with Crippen molar-refractivity contribution in [1.29, 1.82) is 0 Å². The summed E-state index contributed by atoms with van der Waals surface area (Å²) in [6, 6.07) is 190. The van der Waals surface area contributed by atoms with E-state index < -0.39 is 0 Å². The van der Waals surface area contributed by atoms with Gasteiger partial charge in [0.05, 0.1) is 0 Å². The van der Waals surface area contributed by atoms with Gasteiger partial charge in [-0.1, -0.05) is 485 Å². The van der Waals surface area contributed by atoms with E-state index in [0.717, 1.165) is 111 Å². The predicted octanol–water partition coefficient (Wildman–Crippen LogP) is 36.2. The second-order valence-electron chi connectivity index (χ2n) is 37.5. The van der Waals surface area contributed by atoms with Crippen molar-refractivity contribution in [3.05, 3.63) is 540 Å². The molecule has 28 rings (SSSR count). The molecule has 9 nitrogen and oxygen atoms in total. The van der Waals surface area contributed by atoms with Crippen LogP contribution in [-0.4, -0.2) is 44.9 Å². The zero-order valence-electron chi connectivity index (χ0n) is 80.4. The van der Waals surface area contributed by atoms with Crippen LogP contribution in [0.3, 0.4) is 0 Å². The molecule has 28 aromatic rings. The lowest BCUT2D eigenvalue weighted by atomic mass is 9.99. The first kappa shape index (κ1) is 88.3. The molecule has 0 saturated carbocycles. The Labute approximate surface area is 855 Å². The predicted molar refractivity (Wildman–Crippen MR) is 616 cm³/mol. The molecule has 0 unspecified atom stereocenters. The largest absolute Gasteiger partial charge is 0.208 e. The van der Waals surface area contributed by atoms with Gasteiger partial charge in [-0.15, -0.1) is 0 Å². The molecule has 3 heterocycles. The number of aromatic nitrogens is 9. The number of nitrogens with zero attached hydrogens (tertiary/aromatic N) is 9. The van der Waals surface area contributed by atoms with E-state index in [9.17, 15) is 0 Å². The summed E-state index contributed by atoms with van der Waals surface area (Å²) >= 11 is 0. The highest BCUT2D eigenvalue weighted by Crippen LogP contribution is 2.41. The topological polar surface area (TPSA) is 116 Å². The molecule has 0 aliphatic heterocycles. The molecular formula is C139H89N9. The minimum absolute atomic E-state index is 0.635. The molecule has 0 N–H and O–H groups in total. The quantitative estimate of drug-likeness (QED) is 0.0925. The summed E-state index contributed by atoms with van der Waals surface area (Å²) in [7, 11) is 0. The van der Waals surface area contributed by atoms with Crippen LogP contribution in [0.5, 0.6) is 0 Å². The fraction of sp³-hybridized carbons (Fsp3) is 0. The third-order valence-electron chi connectivity index (χ3n) is 28.3. The normalized spacial score (nSPS) is 11.4. The summed E-state index contributed by atoms with van der Waals surface area (Å²) in [4.78, 5) is 45.7. The lowest BCUT2D eigenvalue weighted by molar-refractivity contribution is 1.07. The SMILES string of the molecule is c1ccc(-c2ccc(-c3nc(-c4ccc(-c5ccc6ccccc6c5)cc4)nc(-c4ccc(-c5ccc6ccccc6c5)cc4)n3)cc2)cc1.c1ccc(-c2ccc(-c3nc(-c4cccc(-c5ccc6ccccc6c5)c4)nc(-c4cccc(-c5ccc6ccccc6c5)c4)n3)cc2)cc1.c1ccc2c(c1)ccc1cc(-c3nc(-c4ccc5c(ccc6ccccc65)c4)nc(-c4ccc5c(ccc6ccccc65)c4)n3)ccc12. The van der Waals surface area contributed by atoms with Crippen LogP contribution < -0.4 is 0 Å². The molecule has 0 fully saturated rings. The van der Waals surface area contributed by atoms with Gasteiger partial charge in [-0.05, 0) is 229 Å². The van der Waals surface area contributed by atoms with Gasteiger partial charge in [-0.3, -0.25) is 0 Å². The van der Waals surface area contributed by atoms with E-state index in [1.54, 1.807) is 0 Å². The van der Waals surface area contributed by atoms with E-state index in [0.29, 0.717) is 52.4 Å². The average molecular weight is 1890 g/mol. The zero-order chi connectivity index (χ0) is 98.2. The van der Waals surface area contributed by atoms with E-state index >= 15 is 0 Å². The molecule has 3 aromatic heterocycles. The molecule has 0 amide bonds. The summed E-state index contributed by atoms with van der Waals surface area (Å²) in [5, 5.41) is 24.4. The fourth-order valence-corrected chi connectivity index (χ4v) is 20.4. The van der Waals surface area contributed by atoms with Crippen LogP contribution in [0.2, 0.25) is 0 Å². The van der Waals surface area contributed by atoms with Crippen molar-refractivity contribution in [2.24, 2.45) is 0 Å². The molecular weight excluding hydrogens is 1800 g/mol. The van der Waals surface area contributed by atoms with Gasteiger partial charge in [0.25, 0.3) is 0 Å². The first-order valence-electron chi connectivity index (χ1n) is 50.0. The minimum atomic E-state index is 0.635. The molecule has 0 aliphatic carbocycles. The molecule has 690 valence electrons. The molecule has 25 aromatic carbocycles. The van der Waals surface area contributed by atoms with Crippen molar-refractivity contribution in [3.8, 4) is 169 Å². The first-order valence-corrected chi connectivity index (χ1v) is 50.0. The highest BCUT2D eigenvalue weighted by molar-refractivity contribution is 6.11. The molecule has 0 spiro atoms. The molecule has 0 saturated heterocycles. The number of rotatable bonds is 15. The molecule has 9 heteroatoms. The van der Waals surface area contributed by atoms with E-state index in [1.807, 2.05) is 12.1 Å². The van der Waals surface area contributed by atoms with Gasteiger partial charge >= 0.3 is 0 Å². The highest BCUT2D eigenvalue weighted by atomic mass is 15.1. The Morgan fingerprint density at radius 2 is 0.223 bits per heavy atom. The van der Waals surface area contributed by atoms with Crippen molar-refractivity contribution in [3.63, 3.8) is 0 Å². The Hall–Kier alpha value is -19.9. The third-order valence-corrected chi connectivity index (χ3v) is 28.3. The van der Waals surface area contributed by atoms with Crippen LogP contribution in [0.4, 0.5) is 0 Å². The summed E-state index contributed by atoms with van der Waals surface area (Å²) in [6.45, 7) is 0. The smallest absolute Gasteiger partial charge is 0.164 e. The highest BCUT2D eigenvalue weighted by Gasteiger charge is 2.22. The molecule has 0 bridgehead atoms. The maximum Gasteiger partial charge on any atom is 0.164 e. The monoisotopic (exact) mass is 1880 g/mol. The van der Waals surface area contributed by atoms with Crippen LogP contribution in [0.1, 0.15) is 0 Å². The maximum absolute atomic E-state index is 5.12. The van der Waals surface area contributed by atoms with Gasteiger partial charge < -0.3 is 0 Å². The van der Waals surface area contributed by atoms with Crippen molar-refractivity contribution >= 4 is 108 Å². The van der Waals surface area contributed by atoms with Crippen molar-refractivity contribution in [1.82, 2.24) is 44.9 Å². The Morgan fingerprint density at radius 1 is 0.0743 bits per heavy atom. The Balaban J connectivity index is 0.000000112. The summed E-state index contributed by atoms with van der Waals surface area (Å²) in [5.41, 5.74) is 22.3. The van der Waals surface area contributed by atoms with Crippen LogP contribution in [0.15, 0.2) is 540 Å².